The van der Waals surface area contributed by atoms with Gasteiger partial charge in [-0.2, -0.15) is 4.31 Å². The van der Waals surface area contributed by atoms with Crippen LogP contribution in [0.15, 0.2) is 53.4 Å². The minimum atomic E-state index is -3.68. The number of ether oxygens (including phenoxy) is 1. The Bertz CT molecular complexity index is 1020. The number of rotatable bonds is 5. The lowest BCUT2D eigenvalue weighted by Gasteiger charge is -2.39. The Hall–Kier alpha value is -2.49. The van der Waals surface area contributed by atoms with Gasteiger partial charge in [-0.05, 0) is 36.6 Å². The number of piperidine rings is 1. The number of carbonyl (C=O) groups is 1. The Labute approximate surface area is 175 Å². The van der Waals surface area contributed by atoms with Crippen molar-refractivity contribution in [2.24, 2.45) is 5.73 Å². The first-order valence-corrected chi connectivity index (χ1v) is 11.3. The molecule has 1 fully saturated rings. The van der Waals surface area contributed by atoms with Gasteiger partial charge in [0.2, 0.25) is 10.0 Å². The largest absolute Gasteiger partial charge is 0.444 e. The number of halogens is 1. The Kier molecular flexibility index (Phi) is 5.77. The van der Waals surface area contributed by atoms with E-state index in [0.29, 0.717) is 31.5 Å². The SMILES string of the molecule is NC(CF)c1ccc(S(=O)(=O)N2CCC(N3C(=O)OCc4ccccc43)CC2)cc1. The van der Waals surface area contributed by atoms with Gasteiger partial charge in [-0.15, -0.1) is 0 Å². The Morgan fingerprint density at radius 3 is 2.43 bits per heavy atom. The first-order chi connectivity index (χ1) is 14.4. The number of amides is 1. The van der Waals surface area contributed by atoms with Gasteiger partial charge in [0.1, 0.15) is 13.3 Å². The Morgan fingerprint density at radius 1 is 1.10 bits per heavy atom. The molecular weight excluding hydrogens is 409 g/mol. The standard InChI is InChI=1S/C21H24FN3O4S/c22-13-19(23)15-5-7-18(8-6-15)30(27,28)24-11-9-17(10-12-24)25-20-4-2-1-3-16(20)14-29-21(25)26/h1-8,17,19H,9-14,23H2. The van der Waals surface area contributed by atoms with E-state index in [4.69, 9.17) is 10.5 Å². The molecule has 2 aliphatic rings. The van der Waals surface area contributed by atoms with Gasteiger partial charge in [-0.25, -0.2) is 17.6 Å². The maximum absolute atomic E-state index is 13.0. The van der Waals surface area contributed by atoms with E-state index in [-0.39, 0.29) is 17.5 Å². The number of nitrogens with zero attached hydrogens (tertiary/aromatic N) is 2. The van der Waals surface area contributed by atoms with Crippen molar-refractivity contribution in [1.82, 2.24) is 4.31 Å². The predicted octanol–water partition coefficient (Wildman–Crippen LogP) is 2.97. The maximum Gasteiger partial charge on any atom is 0.414 e. The van der Waals surface area contributed by atoms with Crippen LogP contribution in [0.1, 0.15) is 30.0 Å². The molecule has 9 heteroatoms. The fourth-order valence-corrected chi connectivity index (χ4v) is 5.46. The third-order valence-electron chi connectivity index (χ3n) is 5.70. The van der Waals surface area contributed by atoms with E-state index in [1.54, 1.807) is 17.0 Å². The summed E-state index contributed by atoms with van der Waals surface area (Å²) in [6.45, 7) is 0.137. The van der Waals surface area contributed by atoms with Gasteiger partial charge in [-0.3, -0.25) is 4.90 Å². The summed E-state index contributed by atoms with van der Waals surface area (Å²) < 4.78 is 45.4. The molecule has 0 saturated carbocycles. The van der Waals surface area contributed by atoms with Crippen molar-refractivity contribution in [3.8, 4) is 0 Å². The molecule has 1 amide bonds. The number of hydrogen-bond acceptors (Lipinski definition) is 5. The third kappa shape index (κ3) is 3.80. The summed E-state index contributed by atoms with van der Waals surface area (Å²) in [5.41, 5.74) is 7.98. The monoisotopic (exact) mass is 433 g/mol. The smallest absolute Gasteiger partial charge is 0.414 e. The van der Waals surface area contributed by atoms with Crippen LogP contribution >= 0.6 is 0 Å². The van der Waals surface area contributed by atoms with E-state index < -0.39 is 28.8 Å². The lowest BCUT2D eigenvalue weighted by atomic mass is 10.0. The van der Waals surface area contributed by atoms with Crippen molar-refractivity contribution < 1.29 is 22.3 Å². The molecule has 2 N–H and O–H groups in total. The second-order valence-corrected chi connectivity index (χ2v) is 9.46. The molecule has 160 valence electrons. The number of carbonyl (C=O) groups excluding carboxylic acids is 1. The molecule has 7 nitrogen and oxygen atoms in total. The molecule has 0 aromatic heterocycles. The number of fused-ring (bicyclic) bond motifs is 1. The Morgan fingerprint density at radius 2 is 1.77 bits per heavy atom. The number of alkyl halides is 1. The first kappa shape index (κ1) is 20.8. The first-order valence-electron chi connectivity index (χ1n) is 9.87. The second kappa shape index (κ2) is 8.33. The van der Waals surface area contributed by atoms with Crippen LogP contribution in [0.2, 0.25) is 0 Å². The lowest BCUT2D eigenvalue weighted by molar-refractivity contribution is 0.136. The lowest BCUT2D eigenvalue weighted by Crippen LogP contribution is -2.50. The number of cyclic esters (lactones) is 1. The fraction of sp³-hybridized carbons (Fsp3) is 0.381. The van der Waals surface area contributed by atoms with E-state index in [0.717, 1.165) is 11.3 Å². The molecule has 2 aromatic rings. The summed E-state index contributed by atoms with van der Waals surface area (Å²) in [5.74, 6) is 0. The molecule has 0 spiro atoms. The van der Waals surface area contributed by atoms with E-state index in [1.165, 1.54) is 16.4 Å². The van der Waals surface area contributed by atoms with E-state index >= 15 is 0 Å². The van der Waals surface area contributed by atoms with Crippen molar-refractivity contribution in [2.45, 2.75) is 36.4 Å². The molecule has 1 atom stereocenters. The van der Waals surface area contributed by atoms with Crippen LogP contribution in [-0.4, -0.2) is 44.6 Å². The van der Waals surface area contributed by atoms with Crippen molar-refractivity contribution in [3.05, 3.63) is 59.7 Å². The molecule has 1 saturated heterocycles. The van der Waals surface area contributed by atoms with Crippen LogP contribution in [0.5, 0.6) is 0 Å². The molecule has 2 aliphatic heterocycles. The highest BCUT2D eigenvalue weighted by Crippen LogP contribution is 2.32. The molecule has 2 heterocycles. The summed E-state index contributed by atoms with van der Waals surface area (Å²) >= 11 is 0. The van der Waals surface area contributed by atoms with Gasteiger partial charge in [0.05, 0.1) is 16.6 Å². The average Bonchev–Trinajstić information content (AvgIpc) is 2.78. The predicted molar refractivity (Wildman–Crippen MR) is 110 cm³/mol. The van der Waals surface area contributed by atoms with Crippen molar-refractivity contribution in [1.29, 1.82) is 0 Å². The maximum atomic E-state index is 13.0. The minimum Gasteiger partial charge on any atom is -0.444 e. The van der Waals surface area contributed by atoms with Gasteiger partial charge in [0.15, 0.2) is 0 Å². The van der Waals surface area contributed by atoms with E-state index in [1.807, 2.05) is 24.3 Å². The number of para-hydroxylation sites is 1. The molecule has 1 unspecified atom stereocenters. The van der Waals surface area contributed by atoms with Crippen LogP contribution < -0.4 is 10.6 Å². The van der Waals surface area contributed by atoms with Gasteiger partial charge < -0.3 is 10.5 Å². The van der Waals surface area contributed by atoms with Crippen LogP contribution in [0.4, 0.5) is 14.9 Å². The third-order valence-corrected chi connectivity index (χ3v) is 7.61. The zero-order chi connectivity index (χ0) is 21.3. The Balaban J connectivity index is 1.47. The highest BCUT2D eigenvalue weighted by atomic mass is 32.2. The van der Waals surface area contributed by atoms with E-state index in [2.05, 4.69) is 0 Å². The van der Waals surface area contributed by atoms with Crippen molar-refractivity contribution >= 4 is 21.8 Å². The van der Waals surface area contributed by atoms with E-state index in [9.17, 15) is 17.6 Å². The molecule has 0 radical (unpaired) electrons. The highest BCUT2D eigenvalue weighted by Gasteiger charge is 2.37. The number of hydrogen-bond donors (Lipinski definition) is 1. The minimum absolute atomic E-state index is 0.129. The summed E-state index contributed by atoms with van der Waals surface area (Å²) in [6.07, 6.45) is 0.621. The summed E-state index contributed by atoms with van der Waals surface area (Å²) in [4.78, 5) is 14.2. The van der Waals surface area contributed by atoms with Crippen LogP contribution in [0.25, 0.3) is 0 Å². The van der Waals surface area contributed by atoms with Crippen LogP contribution in [-0.2, 0) is 21.4 Å². The highest BCUT2D eigenvalue weighted by molar-refractivity contribution is 7.89. The number of anilines is 1. The van der Waals surface area contributed by atoms with Crippen molar-refractivity contribution in [3.63, 3.8) is 0 Å². The van der Waals surface area contributed by atoms with Crippen LogP contribution in [0.3, 0.4) is 0 Å². The molecule has 0 aliphatic carbocycles. The van der Waals surface area contributed by atoms with Crippen LogP contribution in [0, 0.1) is 0 Å². The van der Waals surface area contributed by atoms with Gasteiger partial charge >= 0.3 is 6.09 Å². The summed E-state index contributed by atoms with van der Waals surface area (Å²) in [6, 6.07) is 12.7. The quantitative estimate of drug-likeness (QED) is 0.783. The second-order valence-electron chi connectivity index (χ2n) is 7.52. The summed E-state index contributed by atoms with van der Waals surface area (Å²) in [5, 5.41) is 0. The normalized spacial score (nSPS) is 19.3. The van der Waals surface area contributed by atoms with Crippen molar-refractivity contribution in [2.75, 3.05) is 24.7 Å². The molecule has 30 heavy (non-hydrogen) atoms. The molecule has 0 bridgehead atoms. The molecular formula is C21H24FN3O4S. The summed E-state index contributed by atoms with van der Waals surface area (Å²) in [7, 11) is -3.68. The molecule has 4 rings (SSSR count). The number of sulfonamides is 1. The zero-order valence-electron chi connectivity index (χ0n) is 16.4. The fourth-order valence-electron chi connectivity index (χ4n) is 3.99. The number of benzene rings is 2. The average molecular weight is 434 g/mol. The number of nitrogens with two attached hydrogens (primary N) is 1. The van der Waals surface area contributed by atoms with Gasteiger partial charge in [-0.1, -0.05) is 30.3 Å². The van der Waals surface area contributed by atoms with Gasteiger partial charge in [0.25, 0.3) is 0 Å². The zero-order valence-corrected chi connectivity index (χ0v) is 17.2. The van der Waals surface area contributed by atoms with Gasteiger partial charge in [0, 0.05) is 24.7 Å². The topological polar surface area (TPSA) is 92.9 Å². The molecule has 2 aromatic carbocycles.